The summed E-state index contributed by atoms with van der Waals surface area (Å²) < 4.78 is 6.52. The lowest BCUT2D eigenvalue weighted by Gasteiger charge is -2.19. The minimum absolute atomic E-state index is 0.329. The molecule has 0 amide bonds. The lowest BCUT2D eigenvalue weighted by Crippen LogP contribution is -2.23. The second kappa shape index (κ2) is 7.81. The molecule has 4 heteroatoms. The summed E-state index contributed by atoms with van der Waals surface area (Å²) >= 11 is 5.33. The number of benzene rings is 1. The van der Waals surface area contributed by atoms with Crippen LogP contribution in [0.25, 0.3) is 0 Å². The second-order valence-corrected chi connectivity index (χ2v) is 7.24. The molecule has 108 valence electrons. The third-order valence-electron chi connectivity index (χ3n) is 3.17. The van der Waals surface area contributed by atoms with Gasteiger partial charge in [0.05, 0.1) is 10.9 Å². The monoisotopic (exact) mass is 353 g/mol. The molecule has 1 N–H and O–H groups in total. The van der Waals surface area contributed by atoms with Gasteiger partial charge in [-0.2, -0.15) is 0 Å². The molecule has 2 nitrogen and oxygen atoms in total. The zero-order valence-electron chi connectivity index (χ0n) is 11.9. The van der Waals surface area contributed by atoms with Crippen molar-refractivity contribution in [2.45, 2.75) is 25.8 Å². The van der Waals surface area contributed by atoms with Crippen molar-refractivity contribution < 1.29 is 4.74 Å². The summed E-state index contributed by atoms with van der Waals surface area (Å²) in [6, 6.07) is 13.0. The Balaban J connectivity index is 2.17. The van der Waals surface area contributed by atoms with Gasteiger partial charge < -0.3 is 10.1 Å². The molecule has 1 aromatic heterocycles. The van der Waals surface area contributed by atoms with Crippen molar-refractivity contribution in [3.63, 3.8) is 0 Å². The van der Waals surface area contributed by atoms with Gasteiger partial charge in [0.15, 0.2) is 0 Å². The molecule has 0 bridgehead atoms. The summed E-state index contributed by atoms with van der Waals surface area (Å²) in [7, 11) is 1.71. The van der Waals surface area contributed by atoms with Crippen molar-refractivity contribution in [2.75, 3.05) is 13.7 Å². The topological polar surface area (TPSA) is 21.3 Å². The van der Waals surface area contributed by atoms with Crippen LogP contribution in [0.3, 0.4) is 0 Å². The van der Waals surface area contributed by atoms with Crippen LogP contribution in [-0.2, 0) is 6.42 Å². The first-order chi connectivity index (χ1) is 9.72. The van der Waals surface area contributed by atoms with Crippen LogP contribution >= 0.6 is 27.3 Å². The van der Waals surface area contributed by atoms with Gasteiger partial charge in [-0.05, 0) is 58.7 Å². The Bertz CT molecular complexity index is 541. The van der Waals surface area contributed by atoms with E-state index < -0.39 is 0 Å². The molecule has 20 heavy (non-hydrogen) atoms. The zero-order valence-corrected chi connectivity index (χ0v) is 14.3. The van der Waals surface area contributed by atoms with Gasteiger partial charge in [-0.25, -0.2) is 0 Å². The van der Waals surface area contributed by atoms with E-state index in [-0.39, 0.29) is 0 Å². The van der Waals surface area contributed by atoms with E-state index in [4.69, 9.17) is 4.74 Å². The van der Waals surface area contributed by atoms with E-state index in [0.29, 0.717) is 6.04 Å². The van der Waals surface area contributed by atoms with Crippen LogP contribution in [0.5, 0.6) is 5.75 Å². The molecule has 0 saturated heterocycles. The predicted octanol–water partition coefficient (Wildman–Crippen LogP) is 4.80. The van der Waals surface area contributed by atoms with E-state index >= 15 is 0 Å². The smallest absolute Gasteiger partial charge is 0.119 e. The summed E-state index contributed by atoms with van der Waals surface area (Å²) in [5.74, 6) is 0.915. The maximum atomic E-state index is 5.33. The quantitative estimate of drug-likeness (QED) is 0.771. The number of methoxy groups -OCH3 is 1. The SMILES string of the molecule is CCCNC(Cc1ccc(Br)s1)c1cccc(OC)c1. The zero-order chi connectivity index (χ0) is 14.4. The van der Waals surface area contributed by atoms with Crippen LogP contribution < -0.4 is 10.1 Å². The molecule has 1 heterocycles. The van der Waals surface area contributed by atoms with Crippen molar-refractivity contribution in [3.8, 4) is 5.75 Å². The molecular weight excluding hydrogens is 334 g/mol. The second-order valence-electron chi connectivity index (χ2n) is 4.69. The highest BCUT2D eigenvalue weighted by Gasteiger charge is 2.13. The minimum Gasteiger partial charge on any atom is -0.497 e. The van der Waals surface area contributed by atoms with Gasteiger partial charge in [-0.15, -0.1) is 11.3 Å². The molecule has 0 radical (unpaired) electrons. The Labute approximate surface area is 133 Å². The van der Waals surface area contributed by atoms with Gasteiger partial charge in [0, 0.05) is 17.3 Å². The van der Waals surface area contributed by atoms with Crippen LogP contribution in [0.2, 0.25) is 0 Å². The first kappa shape index (κ1) is 15.5. The maximum Gasteiger partial charge on any atom is 0.119 e. The standard InChI is InChI=1S/C16H20BrNOS/c1-3-9-18-15(11-14-7-8-16(17)20-14)12-5-4-6-13(10-12)19-2/h4-8,10,15,18H,3,9,11H2,1-2H3. The van der Waals surface area contributed by atoms with Crippen molar-refractivity contribution in [1.82, 2.24) is 5.32 Å². The van der Waals surface area contributed by atoms with Gasteiger partial charge in [0.1, 0.15) is 5.75 Å². The molecule has 2 aromatic rings. The molecule has 0 aliphatic carbocycles. The molecule has 0 spiro atoms. The third kappa shape index (κ3) is 4.33. The summed E-state index contributed by atoms with van der Waals surface area (Å²) in [6.45, 7) is 3.21. The number of hydrogen-bond acceptors (Lipinski definition) is 3. The molecule has 0 aliphatic heterocycles. The van der Waals surface area contributed by atoms with Crippen LogP contribution in [-0.4, -0.2) is 13.7 Å². The highest BCUT2D eigenvalue weighted by Crippen LogP contribution is 2.28. The molecular formula is C16H20BrNOS. The van der Waals surface area contributed by atoms with Crippen LogP contribution in [0.15, 0.2) is 40.2 Å². The number of hydrogen-bond donors (Lipinski definition) is 1. The summed E-state index contributed by atoms with van der Waals surface area (Å²) in [6.07, 6.45) is 2.14. The third-order valence-corrected chi connectivity index (χ3v) is 4.82. The predicted molar refractivity (Wildman–Crippen MR) is 89.8 cm³/mol. The average Bonchev–Trinajstić information content (AvgIpc) is 2.88. The number of ether oxygens (including phenoxy) is 1. The van der Waals surface area contributed by atoms with Crippen LogP contribution in [0.4, 0.5) is 0 Å². The van der Waals surface area contributed by atoms with Gasteiger partial charge in [-0.1, -0.05) is 19.1 Å². The summed E-state index contributed by atoms with van der Waals surface area (Å²) in [4.78, 5) is 1.38. The van der Waals surface area contributed by atoms with Crippen molar-refractivity contribution in [1.29, 1.82) is 0 Å². The van der Waals surface area contributed by atoms with E-state index in [2.05, 4.69) is 58.5 Å². The van der Waals surface area contributed by atoms with Crippen molar-refractivity contribution in [3.05, 3.63) is 50.6 Å². The molecule has 0 aliphatic rings. The molecule has 0 saturated carbocycles. The maximum absolute atomic E-state index is 5.33. The fourth-order valence-corrected chi connectivity index (χ4v) is 3.68. The van der Waals surface area contributed by atoms with E-state index in [1.54, 1.807) is 18.4 Å². The first-order valence-corrected chi connectivity index (χ1v) is 8.45. The highest BCUT2D eigenvalue weighted by molar-refractivity contribution is 9.11. The van der Waals surface area contributed by atoms with Crippen LogP contribution in [0.1, 0.15) is 29.8 Å². The minimum atomic E-state index is 0.329. The Hall–Kier alpha value is -0.840. The molecule has 2 rings (SSSR count). The lowest BCUT2D eigenvalue weighted by molar-refractivity contribution is 0.413. The van der Waals surface area contributed by atoms with E-state index in [1.807, 2.05) is 6.07 Å². The van der Waals surface area contributed by atoms with Gasteiger partial charge in [-0.3, -0.25) is 0 Å². The number of rotatable bonds is 7. The van der Waals surface area contributed by atoms with Crippen molar-refractivity contribution >= 4 is 27.3 Å². The van der Waals surface area contributed by atoms with E-state index in [0.717, 1.165) is 25.1 Å². The summed E-state index contributed by atoms with van der Waals surface area (Å²) in [5.41, 5.74) is 1.28. The average molecular weight is 354 g/mol. The van der Waals surface area contributed by atoms with Gasteiger partial charge >= 0.3 is 0 Å². The molecule has 1 unspecified atom stereocenters. The normalized spacial score (nSPS) is 12.3. The van der Waals surface area contributed by atoms with E-state index in [1.165, 1.54) is 14.2 Å². The van der Waals surface area contributed by atoms with Crippen molar-refractivity contribution in [2.24, 2.45) is 0 Å². The molecule has 1 atom stereocenters. The van der Waals surface area contributed by atoms with Gasteiger partial charge in [0.25, 0.3) is 0 Å². The van der Waals surface area contributed by atoms with Gasteiger partial charge in [0.2, 0.25) is 0 Å². The van der Waals surface area contributed by atoms with E-state index in [9.17, 15) is 0 Å². The number of halogens is 1. The van der Waals surface area contributed by atoms with Crippen LogP contribution in [0, 0.1) is 0 Å². The molecule has 0 fully saturated rings. The first-order valence-electron chi connectivity index (χ1n) is 6.84. The Morgan fingerprint density at radius 3 is 2.80 bits per heavy atom. The largest absolute Gasteiger partial charge is 0.497 e. The number of thiophene rings is 1. The fourth-order valence-electron chi connectivity index (χ4n) is 2.15. The fraction of sp³-hybridized carbons (Fsp3) is 0.375. The Morgan fingerprint density at radius 1 is 1.30 bits per heavy atom. The molecule has 1 aromatic carbocycles. The summed E-state index contributed by atoms with van der Waals surface area (Å²) in [5, 5.41) is 3.63. The Kier molecular flexibility index (Phi) is 6.07. The lowest BCUT2D eigenvalue weighted by atomic mass is 10.0. The number of nitrogens with one attached hydrogen (secondary N) is 1. The Morgan fingerprint density at radius 2 is 2.15 bits per heavy atom. The highest BCUT2D eigenvalue weighted by atomic mass is 79.9.